The molecule has 3 N–H and O–H groups in total. The third-order valence-corrected chi connectivity index (χ3v) is 5.82. The Bertz CT molecular complexity index is 562. The highest BCUT2D eigenvalue weighted by atomic mass is 32.2. The third-order valence-electron chi connectivity index (χ3n) is 4.21. The Hall–Kier alpha value is -0.910. The van der Waals surface area contributed by atoms with Crippen molar-refractivity contribution in [1.82, 2.24) is 4.72 Å². The van der Waals surface area contributed by atoms with Crippen molar-refractivity contribution in [3.05, 3.63) is 29.3 Å². The SMILES string of the molecule is CCc1ccc(CN)cc1S(=O)(=O)NC1CCCCCC1. The van der Waals surface area contributed by atoms with E-state index in [1.165, 1.54) is 12.8 Å². The van der Waals surface area contributed by atoms with Crippen LogP contribution < -0.4 is 10.5 Å². The molecule has 0 heterocycles. The van der Waals surface area contributed by atoms with Gasteiger partial charge in [0.1, 0.15) is 0 Å². The molecule has 0 bridgehead atoms. The Morgan fingerprint density at radius 3 is 2.43 bits per heavy atom. The predicted octanol–water partition coefficient (Wildman–Crippen LogP) is 2.71. The average molecular weight is 310 g/mol. The highest BCUT2D eigenvalue weighted by Crippen LogP contribution is 2.22. The Morgan fingerprint density at radius 2 is 1.86 bits per heavy atom. The average Bonchev–Trinajstić information content (AvgIpc) is 2.74. The lowest BCUT2D eigenvalue weighted by Crippen LogP contribution is -2.35. The zero-order valence-electron chi connectivity index (χ0n) is 12.8. The summed E-state index contributed by atoms with van der Waals surface area (Å²) in [5.74, 6) is 0. The van der Waals surface area contributed by atoms with Gasteiger partial charge in [-0.25, -0.2) is 13.1 Å². The molecule has 0 saturated heterocycles. The van der Waals surface area contributed by atoms with E-state index in [0.717, 1.165) is 36.8 Å². The Balaban J connectivity index is 2.25. The molecule has 0 aromatic heterocycles. The van der Waals surface area contributed by atoms with Crippen molar-refractivity contribution in [2.75, 3.05) is 0 Å². The van der Waals surface area contributed by atoms with Gasteiger partial charge in [0.2, 0.25) is 10.0 Å². The predicted molar refractivity (Wildman–Crippen MR) is 85.5 cm³/mol. The summed E-state index contributed by atoms with van der Waals surface area (Å²) in [6.45, 7) is 2.33. The molecule has 1 fully saturated rings. The van der Waals surface area contributed by atoms with Crippen molar-refractivity contribution in [2.24, 2.45) is 5.73 Å². The van der Waals surface area contributed by atoms with Crippen molar-refractivity contribution >= 4 is 10.0 Å². The first-order valence-electron chi connectivity index (χ1n) is 7.91. The van der Waals surface area contributed by atoms with E-state index in [1.807, 2.05) is 19.1 Å². The van der Waals surface area contributed by atoms with Crippen LogP contribution in [-0.4, -0.2) is 14.5 Å². The molecule has 4 nitrogen and oxygen atoms in total. The number of sulfonamides is 1. The van der Waals surface area contributed by atoms with Crippen LogP contribution in [-0.2, 0) is 23.0 Å². The van der Waals surface area contributed by atoms with Crippen LogP contribution in [0.2, 0.25) is 0 Å². The standard InChI is InChI=1S/C16H26N2O2S/c1-2-14-10-9-13(12-17)11-16(14)21(19,20)18-15-7-5-3-4-6-8-15/h9-11,15,18H,2-8,12,17H2,1H3. The molecule has 1 aromatic carbocycles. The molecule has 0 aliphatic heterocycles. The van der Waals surface area contributed by atoms with E-state index in [4.69, 9.17) is 5.73 Å². The Morgan fingerprint density at radius 1 is 1.19 bits per heavy atom. The van der Waals surface area contributed by atoms with E-state index in [2.05, 4.69) is 4.72 Å². The Labute approximate surface area is 128 Å². The van der Waals surface area contributed by atoms with E-state index in [9.17, 15) is 8.42 Å². The van der Waals surface area contributed by atoms with Gasteiger partial charge in [-0.1, -0.05) is 44.7 Å². The minimum atomic E-state index is -3.46. The van der Waals surface area contributed by atoms with Gasteiger partial charge in [0.25, 0.3) is 0 Å². The molecule has 1 aliphatic rings. The van der Waals surface area contributed by atoms with Crippen molar-refractivity contribution in [2.45, 2.75) is 69.4 Å². The first-order valence-corrected chi connectivity index (χ1v) is 9.39. The van der Waals surface area contributed by atoms with E-state index in [1.54, 1.807) is 6.07 Å². The number of nitrogens with one attached hydrogen (secondary N) is 1. The molecule has 1 saturated carbocycles. The fourth-order valence-corrected chi connectivity index (χ4v) is 4.61. The highest BCUT2D eigenvalue weighted by Gasteiger charge is 2.23. The molecule has 5 heteroatoms. The number of benzene rings is 1. The molecule has 0 spiro atoms. The van der Waals surface area contributed by atoms with Gasteiger partial charge in [0, 0.05) is 12.6 Å². The lowest BCUT2D eigenvalue weighted by atomic mass is 10.1. The summed E-state index contributed by atoms with van der Waals surface area (Å²) >= 11 is 0. The zero-order valence-corrected chi connectivity index (χ0v) is 13.6. The maximum Gasteiger partial charge on any atom is 0.241 e. The van der Waals surface area contributed by atoms with Crippen LogP contribution in [0.15, 0.2) is 23.1 Å². The fourth-order valence-electron chi connectivity index (χ4n) is 2.95. The number of hydrogen-bond donors (Lipinski definition) is 2. The van der Waals surface area contributed by atoms with E-state index in [0.29, 0.717) is 17.9 Å². The normalized spacial score (nSPS) is 17.6. The van der Waals surface area contributed by atoms with E-state index < -0.39 is 10.0 Å². The van der Waals surface area contributed by atoms with Crippen LogP contribution in [0, 0.1) is 0 Å². The van der Waals surface area contributed by atoms with Gasteiger partial charge in [0.05, 0.1) is 4.90 Å². The largest absolute Gasteiger partial charge is 0.326 e. The molecule has 1 aromatic rings. The highest BCUT2D eigenvalue weighted by molar-refractivity contribution is 7.89. The van der Waals surface area contributed by atoms with Gasteiger partial charge in [0.15, 0.2) is 0 Å². The molecule has 2 rings (SSSR count). The number of hydrogen-bond acceptors (Lipinski definition) is 3. The van der Waals surface area contributed by atoms with Crippen LogP contribution in [0.25, 0.3) is 0 Å². The molecule has 0 amide bonds. The topological polar surface area (TPSA) is 72.2 Å². The molecular formula is C16H26N2O2S. The molecule has 21 heavy (non-hydrogen) atoms. The molecule has 0 unspecified atom stereocenters. The van der Waals surface area contributed by atoms with Crippen LogP contribution in [0.5, 0.6) is 0 Å². The quantitative estimate of drug-likeness (QED) is 0.821. The summed E-state index contributed by atoms with van der Waals surface area (Å²) in [6, 6.07) is 5.58. The minimum absolute atomic E-state index is 0.0729. The molecule has 0 radical (unpaired) electrons. The monoisotopic (exact) mass is 310 g/mol. The van der Waals surface area contributed by atoms with Gasteiger partial charge in [-0.3, -0.25) is 0 Å². The summed E-state index contributed by atoms with van der Waals surface area (Å²) in [7, 11) is -3.46. The Kier molecular flexibility index (Phi) is 5.79. The minimum Gasteiger partial charge on any atom is -0.326 e. The maximum atomic E-state index is 12.7. The van der Waals surface area contributed by atoms with Crippen LogP contribution in [0.1, 0.15) is 56.6 Å². The fraction of sp³-hybridized carbons (Fsp3) is 0.625. The smallest absolute Gasteiger partial charge is 0.241 e. The lowest BCUT2D eigenvalue weighted by Gasteiger charge is -2.18. The number of rotatable bonds is 5. The van der Waals surface area contributed by atoms with Gasteiger partial charge in [-0.15, -0.1) is 0 Å². The van der Waals surface area contributed by atoms with Gasteiger partial charge < -0.3 is 5.73 Å². The summed E-state index contributed by atoms with van der Waals surface area (Å²) in [5.41, 5.74) is 7.35. The number of aryl methyl sites for hydroxylation is 1. The summed E-state index contributed by atoms with van der Waals surface area (Å²) < 4.78 is 28.3. The van der Waals surface area contributed by atoms with Crippen LogP contribution in [0.3, 0.4) is 0 Å². The molecule has 1 aliphatic carbocycles. The van der Waals surface area contributed by atoms with Crippen LogP contribution in [0.4, 0.5) is 0 Å². The van der Waals surface area contributed by atoms with Crippen molar-refractivity contribution in [3.8, 4) is 0 Å². The third kappa shape index (κ3) is 4.28. The van der Waals surface area contributed by atoms with Crippen molar-refractivity contribution in [3.63, 3.8) is 0 Å². The van der Waals surface area contributed by atoms with Gasteiger partial charge >= 0.3 is 0 Å². The number of nitrogens with two attached hydrogens (primary N) is 1. The second kappa shape index (κ2) is 7.38. The molecular weight excluding hydrogens is 284 g/mol. The molecule has 118 valence electrons. The second-order valence-corrected chi connectivity index (χ2v) is 7.49. The van der Waals surface area contributed by atoms with Gasteiger partial charge in [-0.05, 0) is 36.5 Å². The van der Waals surface area contributed by atoms with E-state index >= 15 is 0 Å². The summed E-state index contributed by atoms with van der Waals surface area (Å²) in [6.07, 6.45) is 7.22. The van der Waals surface area contributed by atoms with E-state index in [-0.39, 0.29) is 6.04 Å². The first-order chi connectivity index (χ1) is 10.1. The van der Waals surface area contributed by atoms with Crippen molar-refractivity contribution < 1.29 is 8.42 Å². The summed E-state index contributed by atoms with van der Waals surface area (Å²) in [4.78, 5) is 0.400. The van der Waals surface area contributed by atoms with Crippen molar-refractivity contribution in [1.29, 1.82) is 0 Å². The second-order valence-electron chi connectivity index (χ2n) is 5.81. The maximum absolute atomic E-state index is 12.7. The summed E-state index contributed by atoms with van der Waals surface area (Å²) in [5, 5.41) is 0. The zero-order chi connectivity index (χ0) is 15.3. The van der Waals surface area contributed by atoms with Gasteiger partial charge in [-0.2, -0.15) is 0 Å². The first kappa shape index (κ1) is 16.5. The molecule has 0 atom stereocenters. The van der Waals surface area contributed by atoms with Crippen LogP contribution >= 0.6 is 0 Å². The lowest BCUT2D eigenvalue weighted by molar-refractivity contribution is 0.509.